The van der Waals surface area contributed by atoms with Gasteiger partial charge in [-0.15, -0.1) is 12.4 Å². The van der Waals surface area contributed by atoms with Gasteiger partial charge in [0.25, 0.3) is 0 Å². The minimum absolute atomic E-state index is 0. The lowest BCUT2D eigenvalue weighted by Gasteiger charge is -2.22. The van der Waals surface area contributed by atoms with Crippen LogP contribution in [0.4, 0.5) is 0 Å². The van der Waals surface area contributed by atoms with Crippen molar-refractivity contribution in [3.8, 4) is 0 Å². The molecule has 2 N–H and O–H groups in total. The Bertz CT molecular complexity index is 677. The van der Waals surface area contributed by atoms with E-state index in [1.54, 1.807) is 26.0 Å². The van der Waals surface area contributed by atoms with E-state index in [2.05, 4.69) is 0 Å². The Morgan fingerprint density at radius 1 is 1.32 bits per heavy atom. The molecule has 0 saturated carbocycles. The van der Waals surface area contributed by atoms with Crippen molar-refractivity contribution in [1.29, 1.82) is 0 Å². The highest BCUT2D eigenvalue weighted by molar-refractivity contribution is 7.89. The predicted molar refractivity (Wildman–Crippen MR) is 102 cm³/mol. The van der Waals surface area contributed by atoms with E-state index >= 15 is 0 Å². The van der Waals surface area contributed by atoms with Crippen molar-refractivity contribution in [3.05, 3.63) is 29.3 Å². The summed E-state index contributed by atoms with van der Waals surface area (Å²) in [5.74, 6) is -0.242. The number of rotatable bonds is 8. The third-order valence-corrected chi connectivity index (χ3v) is 6.02. The van der Waals surface area contributed by atoms with Crippen LogP contribution in [-0.4, -0.2) is 44.9 Å². The summed E-state index contributed by atoms with van der Waals surface area (Å²) in [6.07, 6.45) is 0.573. The molecule has 0 heterocycles. The van der Waals surface area contributed by atoms with Gasteiger partial charge in [-0.1, -0.05) is 19.9 Å². The highest BCUT2D eigenvalue weighted by Gasteiger charge is 2.25. The smallest absolute Gasteiger partial charge is 0.338 e. The molecule has 0 aliphatic rings. The lowest BCUT2D eigenvalue weighted by molar-refractivity contribution is 0.0526. The minimum atomic E-state index is -3.69. The first kappa shape index (κ1) is 23.9. The van der Waals surface area contributed by atoms with Crippen molar-refractivity contribution in [2.24, 2.45) is 11.7 Å². The first-order valence-electron chi connectivity index (χ1n) is 8.11. The lowest BCUT2D eigenvalue weighted by Crippen LogP contribution is -2.35. The number of ether oxygens (including phenoxy) is 1. The number of hydrogen-bond acceptors (Lipinski definition) is 5. The molecule has 25 heavy (non-hydrogen) atoms. The molecule has 0 saturated heterocycles. The quantitative estimate of drug-likeness (QED) is 0.686. The Hall–Kier alpha value is -1.15. The predicted octanol–water partition coefficient (Wildman–Crippen LogP) is 2.59. The zero-order valence-electron chi connectivity index (χ0n) is 15.5. The molecule has 0 radical (unpaired) electrons. The van der Waals surface area contributed by atoms with Crippen molar-refractivity contribution in [1.82, 2.24) is 4.31 Å². The third kappa shape index (κ3) is 6.26. The van der Waals surface area contributed by atoms with Gasteiger partial charge in [0.2, 0.25) is 10.0 Å². The Balaban J connectivity index is 0.00000576. The van der Waals surface area contributed by atoms with E-state index in [4.69, 9.17) is 10.5 Å². The average molecular weight is 393 g/mol. The van der Waals surface area contributed by atoms with Crippen molar-refractivity contribution >= 4 is 28.4 Å². The third-order valence-electron chi connectivity index (χ3n) is 4.02. The van der Waals surface area contributed by atoms with E-state index in [0.717, 1.165) is 0 Å². The highest BCUT2D eigenvalue weighted by Crippen LogP contribution is 2.21. The maximum atomic E-state index is 12.8. The first-order chi connectivity index (χ1) is 11.1. The van der Waals surface area contributed by atoms with Gasteiger partial charge >= 0.3 is 5.97 Å². The molecule has 0 aliphatic heterocycles. The number of sulfonamides is 1. The van der Waals surface area contributed by atoms with Crippen LogP contribution in [0.25, 0.3) is 0 Å². The largest absolute Gasteiger partial charge is 0.462 e. The molecule has 1 atom stereocenters. The Labute approximate surface area is 157 Å². The Kier molecular flexibility index (Phi) is 9.64. The molecule has 0 aliphatic carbocycles. The number of carbonyl (C=O) groups is 1. The molecule has 0 amide bonds. The number of hydrogen-bond donors (Lipinski definition) is 1. The number of aryl methyl sites for hydroxylation is 1. The van der Waals surface area contributed by atoms with Crippen LogP contribution in [0.3, 0.4) is 0 Å². The number of halogens is 1. The second kappa shape index (κ2) is 10.1. The zero-order valence-corrected chi connectivity index (χ0v) is 17.1. The van der Waals surface area contributed by atoms with Crippen molar-refractivity contribution in [2.75, 3.05) is 20.2 Å². The van der Waals surface area contributed by atoms with Crippen molar-refractivity contribution in [2.45, 2.75) is 45.1 Å². The van der Waals surface area contributed by atoms with Crippen LogP contribution >= 0.6 is 12.4 Å². The molecule has 144 valence electrons. The summed E-state index contributed by atoms with van der Waals surface area (Å²) in [4.78, 5) is 12.0. The monoisotopic (exact) mass is 392 g/mol. The molecule has 8 heteroatoms. The normalized spacial score (nSPS) is 12.8. The number of nitrogens with zero attached hydrogens (tertiary/aromatic N) is 1. The van der Waals surface area contributed by atoms with Gasteiger partial charge in [-0.3, -0.25) is 0 Å². The van der Waals surface area contributed by atoms with E-state index in [1.807, 2.05) is 13.8 Å². The van der Waals surface area contributed by atoms with E-state index in [-0.39, 0.29) is 41.4 Å². The summed E-state index contributed by atoms with van der Waals surface area (Å²) in [5, 5.41) is 0. The topological polar surface area (TPSA) is 89.7 Å². The van der Waals surface area contributed by atoms with E-state index in [9.17, 15) is 13.2 Å². The van der Waals surface area contributed by atoms with Gasteiger partial charge in [0.1, 0.15) is 0 Å². The van der Waals surface area contributed by atoms with Crippen molar-refractivity contribution in [3.63, 3.8) is 0 Å². The number of esters is 1. The Morgan fingerprint density at radius 3 is 2.44 bits per heavy atom. The van der Waals surface area contributed by atoms with Crippen LogP contribution in [0.5, 0.6) is 0 Å². The standard InChI is InChI=1S/C17H28N2O4S.ClH/c1-6-23-17(20)14-8-7-13(4)16(11-14)24(21,22)19(5)10-9-15(18)12(2)3;/h7-8,11-12,15H,6,9-10,18H2,1-5H3;1H. The summed E-state index contributed by atoms with van der Waals surface area (Å²) in [6.45, 7) is 7.98. The molecule has 0 aromatic heterocycles. The van der Waals surface area contributed by atoms with E-state index in [0.29, 0.717) is 18.5 Å². The molecule has 1 aromatic rings. The molecule has 0 spiro atoms. The van der Waals surface area contributed by atoms with Crippen LogP contribution in [0.2, 0.25) is 0 Å². The fraction of sp³-hybridized carbons (Fsp3) is 0.588. The van der Waals surface area contributed by atoms with E-state index < -0.39 is 16.0 Å². The highest BCUT2D eigenvalue weighted by atomic mass is 35.5. The molecule has 0 fully saturated rings. The fourth-order valence-corrected chi connectivity index (χ4v) is 3.60. The number of carbonyl (C=O) groups excluding carboxylic acids is 1. The summed E-state index contributed by atoms with van der Waals surface area (Å²) < 4.78 is 31.8. The van der Waals surface area contributed by atoms with Gasteiger partial charge in [-0.2, -0.15) is 0 Å². The van der Waals surface area contributed by atoms with Crippen LogP contribution in [-0.2, 0) is 14.8 Å². The molecule has 1 rings (SSSR count). The van der Waals surface area contributed by atoms with Crippen LogP contribution < -0.4 is 5.73 Å². The van der Waals surface area contributed by atoms with Gasteiger partial charge in [-0.25, -0.2) is 17.5 Å². The van der Waals surface area contributed by atoms with Gasteiger partial charge < -0.3 is 10.5 Å². The van der Waals surface area contributed by atoms with Crippen LogP contribution in [0.15, 0.2) is 23.1 Å². The average Bonchev–Trinajstić information content (AvgIpc) is 2.52. The van der Waals surface area contributed by atoms with Gasteiger partial charge in [0.05, 0.1) is 17.1 Å². The maximum absolute atomic E-state index is 12.8. The first-order valence-corrected chi connectivity index (χ1v) is 9.55. The molecule has 6 nitrogen and oxygen atoms in total. The molecule has 0 bridgehead atoms. The van der Waals surface area contributed by atoms with Crippen LogP contribution in [0, 0.1) is 12.8 Å². The minimum Gasteiger partial charge on any atom is -0.462 e. The number of benzene rings is 1. The molecular weight excluding hydrogens is 364 g/mol. The summed E-state index contributed by atoms with van der Waals surface area (Å²) >= 11 is 0. The second-order valence-corrected chi connectivity index (χ2v) is 8.24. The molecule has 1 unspecified atom stereocenters. The van der Waals surface area contributed by atoms with Crippen molar-refractivity contribution < 1.29 is 17.9 Å². The zero-order chi connectivity index (χ0) is 18.5. The maximum Gasteiger partial charge on any atom is 0.338 e. The summed E-state index contributed by atoms with van der Waals surface area (Å²) in [7, 11) is -2.17. The van der Waals surface area contributed by atoms with Gasteiger partial charge in [0, 0.05) is 19.6 Å². The van der Waals surface area contributed by atoms with E-state index in [1.165, 1.54) is 17.4 Å². The fourth-order valence-electron chi connectivity index (χ4n) is 2.17. The SMILES string of the molecule is CCOC(=O)c1ccc(C)c(S(=O)(=O)N(C)CCC(N)C(C)C)c1.Cl. The number of nitrogens with two attached hydrogens (primary N) is 1. The van der Waals surface area contributed by atoms with Gasteiger partial charge in [0.15, 0.2) is 0 Å². The summed E-state index contributed by atoms with van der Waals surface area (Å²) in [6, 6.07) is 4.50. The lowest BCUT2D eigenvalue weighted by atomic mass is 10.0. The second-order valence-electron chi connectivity index (χ2n) is 6.22. The summed E-state index contributed by atoms with van der Waals surface area (Å²) in [5.41, 5.74) is 6.81. The Morgan fingerprint density at radius 2 is 1.92 bits per heavy atom. The molecule has 1 aromatic carbocycles. The van der Waals surface area contributed by atoms with Gasteiger partial charge in [-0.05, 0) is 43.9 Å². The van der Waals surface area contributed by atoms with Crippen LogP contribution in [0.1, 0.15) is 43.1 Å². The molecular formula is C17H29ClN2O4S.